The molecule has 1 rings (SSSR count). The average Bonchev–Trinajstić information content (AvgIpc) is 2.51. The van der Waals surface area contributed by atoms with Crippen molar-refractivity contribution in [2.24, 2.45) is 5.92 Å². The quantitative estimate of drug-likeness (QED) is 0.521. The molecule has 5 heteroatoms. The third kappa shape index (κ3) is 3.22. The van der Waals surface area contributed by atoms with Crippen molar-refractivity contribution in [3.05, 3.63) is 0 Å². The Labute approximate surface area is 80.5 Å². The summed E-state index contributed by atoms with van der Waals surface area (Å²) in [5.74, 6) is -0.133. The molecule has 0 aromatic carbocycles. The number of nitrogens with zero attached hydrogens (tertiary/aromatic N) is 1. The molecular formula is C8H16NO3P. The van der Waals surface area contributed by atoms with Crippen molar-refractivity contribution in [2.75, 3.05) is 20.2 Å². The number of aliphatic hydroxyl groups excluding tert-OH is 1. The zero-order chi connectivity index (χ0) is 9.84. The van der Waals surface area contributed by atoms with Crippen LogP contribution in [0.25, 0.3) is 0 Å². The fourth-order valence-corrected chi connectivity index (χ4v) is 1.97. The number of hydrogen-bond acceptors (Lipinski definition) is 4. The lowest BCUT2D eigenvalue weighted by atomic mass is 9.99. The number of hydrogen-bond donors (Lipinski definition) is 1. The van der Waals surface area contributed by atoms with Gasteiger partial charge >= 0.3 is 5.97 Å². The third-order valence-corrected chi connectivity index (χ3v) is 2.87. The first-order valence-corrected chi connectivity index (χ1v) is 4.89. The maximum atomic E-state index is 10.9. The SMILES string of the molecule is COC(=O)C[C@@H](O)[C@H]1CCN(P)C1. The van der Waals surface area contributed by atoms with Gasteiger partial charge < -0.3 is 9.84 Å². The van der Waals surface area contributed by atoms with Crippen LogP contribution >= 0.6 is 9.39 Å². The minimum atomic E-state index is -0.557. The second-order valence-electron chi connectivity index (χ2n) is 3.39. The van der Waals surface area contributed by atoms with E-state index < -0.39 is 6.10 Å². The van der Waals surface area contributed by atoms with E-state index >= 15 is 0 Å². The molecule has 1 aliphatic heterocycles. The molecule has 76 valence electrons. The maximum absolute atomic E-state index is 10.9. The number of methoxy groups -OCH3 is 1. The Kier molecular flexibility index (Phi) is 4.10. The van der Waals surface area contributed by atoms with E-state index in [0.29, 0.717) is 0 Å². The number of ether oxygens (including phenoxy) is 1. The van der Waals surface area contributed by atoms with Crippen molar-refractivity contribution >= 4 is 15.4 Å². The van der Waals surface area contributed by atoms with Crippen molar-refractivity contribution in [2.45, 2.75) is 18.9 Å². The van der Waals surface area contributed by atoms with Crippen molar-refractivity contribution in [1.82, 2.24) is 4.67 Å². The third-order valence-electron chi connectivity index (χ3n) is 2.40. The van der Waals surface area contributed by atoms with E-state index in [0.717, 1.165) is 19.5 Å². The molecule has 1 heterocycles. The van der Waals surface area contributed by atoms with Crippen LogP contribution in [-0.2, 0) is 9.53 Å². The summed E-state index contributed by atoms with van der Waals surface area (Å²) in [5, 5.41) is 9.63. The molecule has 0 aliphatic carbocycles. The van der Waals surface area contributed by atoms with Gasteiger partial charge in [-0.1, -0.05) is 9.39 Å². The minimum absolute atomic E-state index is 0.111. The second-order valence-corrected chi connectivity index (χ2v) is 4.12. The van der Waals surface area contributed by atoms with Gasteiger partial charge in [-0.2, -0.15) is 0 Å². The smallest absolute Gasteiger partial charge is 0.308 e. The number of carbonyl (C=O) groups is 1. The van der Waals surface area contributed by atoms with Crippen molar-refractivity contribution in [3.8, 4) is 0 Å². The standard InChI is InChI=1S/C8H16NO3P/c1-12-8(11)4-7(10)6-2-3-9(13)5-6/h6-7,10H,2-5,13H2,1H3/t6-,7+/m0/s1. The van der Waals surface area contributed by atoms with E-state index in [4.69, 9.17) is 0 Å². The van der Waals surface area contributed by atoms with E-state index in [1.54, 1.807) is 0 Å². The molecule has 4 nitrogen and oxygen atoms in total. The van der Waals surface area contributed by atoms with Crippen LogP contribution in [0, 0.1) is 5.92 Å². The Morgan fingerprint density at radius 3 is 3.00 bits per heavy atom. The molecule has 0 radical (unpaired) electrons. The van der Waals surface area contributed by atoms with Crippen LogP contribution in [0.1, 0.15) is 12.8 Å². The van der Waals surface area contributed by atoms with Crippen LogP contribution in [0.3, 0.4) is 0 Å². The summed E-state index contributed by atoms with van der Waals surface area (Å²) in [6, 6.07) is 0. The van der Waals surface area contributed by atoms with Gasteiger partial charge in [0.2, 0.25) is 0 Å². The van der Waals surface area contributed by atoms with Gasteiger partial charge in [0.25, 0.3) is 0 Å². The predicted octanol–water partition coefficient (Wildman–Crippen LogP) is 0.0224. The van der Waals surface area contributed by atoms with E-state index in [9.17, 15) is 9.90 Å². The molecule has 1 unspecified atom stereocenters. The largest absolute Gasteiger partial charge is 0.469 e. The zero-order valence-electron chi connectivity index (χ0n) is 7.77. The number of carbonyl (C=O) groups excluding carboxylic acids is 1. The Morgan fingerprint density at radius 1 is 1.85 bits per heavy atom. The highest BCUT2D eigenvalue weighted by molar-refractivity contribution is 7.13. The predicted molar refractivity (Wildman–Crippen MR) is 52.0 cm³/mol. The van der Waals surface area contributed by atoms with E-state index in [2.05, 4.69) is 18.8 Å². The molecule has 0 bridgehead atoms. The molecule has 1 aliphatic rings. The van der Waals surface area contributed by atoms with Gasteiger partial charge in [0.1, 0.15) is 0 Å². The number of rotatable bonds is 3. The van der Waals surface area contributed by atoms with Gasteiger partial charge in [0, 0.05) is 13.1 Å². The molecule has 0 spiro atoms. The van der Waals surface area contributed by atoms with E-state index in [1.807, 2.05) is 0 Å². The Bertz CT molecular complexity index is 188. The summed E-state index contributed by atoms with van der Waals surface area (Å²) in [6.45, 7) is 1.80. The first-order chi connectivity index (χ1) is 6.13. The molecule has 1 fully saturated rings. The Morgan fingerprint density at radius 2 is 2.54 bits per heavy atom. The molecule has 1 saturated heterocycles. The summed E-state index contributed by atoms with van der Waals surface area (Å²) in [7, 11) is 3.94. The summed E-state index contributed by atoms with van der Waals surface area (Å²) in [5.41, 5.74) is 0. The van der Waals surface area contributed by atoms with Gasteiger partial charge in [-0.25, -0.2) is 0 Å². The normalized spacial score (nSPS) is 25.9. The average molecular weight is 205 g/mol. The zero-order valence-corrected chi connectivity index (χ0v) is 8.93. The van der Waals surface area contributed by atoms with Crippen molar-refractivity contribution in [1.29, 1.82) is 0 Å². The van der Waals surface area contributed by atoms with Crippen molar-refractivity contribution in [3.63, 3.8) is 0 Å². The molecule has 0 amide bonds. The van der Waals surface area contributed by atoms with Gasteiger partial charge in [0.15, 0.2) is 0 Å². The van der Waals surface area contributed by atoms with E-state index in [-0.39, 0.29) is 18.3 Å². The van der Waals surface area contributed by atoms with E-state index in [1.165, 1.54) is 7.11 Å². The minimum Gasteiger partial charge on any atom is -0.469 e. The summed E-state index contributed by atoms with van der Waals surface area (Å²) in [4.78, 5) is 10.9. The molecule has 0 saturated carbocycles. The van der Waals surface area contributed by atoms with Gasteiger partial charge in [-0.15, -0.1) is 0 Å². The molecule has 13 heavy (non-hydrogen) atoms. The lowest BCUT2D eigenvalue weighted by Gasteiger charge is -2.16. The van der Waals surface area contributed by atoms with Gasteiger partial charge in [-0.3, -0.25) is 9.46 Å². The van der Waals surface area contributed by atoms with Crippen LogP contribution in [0.5, 0.6) is 0 Å². The highest BCUT2D eigenvalue weighted by Gasteiger charge is 2.28. The van der Waals surface area contributed by atoms with Crippen LogP contribution in [0.2, 0.25) is 0 Å². The summed E-state index contributed by atoms with van der Waals surface area (Å²) < 4.78 is 6.56. The Hall–Kier alpha value is -0.180. The molecule has 0 aromatic heterocycles. The van der Waals surface area contributed by atoms with Gasteiger partial charge in [0.05, 0.1) is 19.6 Å². The highest BCUT2D eigenvalue weighted by Crippen LogP contribution is 2.23. The van der Waals surface area contributed by atoms with Crippen LogP contribution in [0.15, 0.2) is 0 Å². The monoisotopic (exact) mass is 205 g/mol. The second kappa shape index (κ2) is 4.89. The van der Waals surface area contributed by atoms with Crippen molar-refractivity contribution < 1.29 is 14.6 Å². The van der Waals surface area contributed by atoms with Crippen LogP contribution in [-0.4, -0.2) is 42.0 Å². The van der Waals surface area contributed by atoms with Gasteiger partial charge in [-0.05, 0) is 12.3 Å². The Balaban J connectivity index is 2.31. The molecule has 0 aromatic rings. The summed E-state index contributed by atoms with van der Waals surface area (Å²) >= 11 is 0. The lowest BCUT2D eigenvalue weighted by Crippen LogP contribution is -2.25. The fraction of sp³-hybridized carbons (Fsp3) is 0.875. The maximum Gasteiger partial charge on any atom is 0.308 e. The molecule has 1 N–H and O–H groups in total. The molecule has 3 atom stereocenters. The topological polar surface area (TPSA) is 49.8 Å². The fourth-order valence-electron chi connectivity index (χ4n) is 1.55. The number of esters is 1. The highest BCUT2D eigenvalue weighted by atomic mass is 31.0. The molecular weight excluding hydrogens is 189 g/mol. The first kappa shape index (κ1) is 10.9. The first-order valence-electron chi connectivity index (χ1n) is 4.38. The van der Waals surface area contributed by atoms with Crippen LogP contribution < -0.4 is 0 Å². The summed E-state index contributed by atoms with van der Waals surface area (Å²) in [6.07, 6.45) is 0.499. The number of aliphatic hydroxyl groups is 1. The lowest BCUT2D eigenvalue weighted by molar-refractivity contribution is -0.143. The van der Waals surface area contributed by atoms with Crippen LogP contribution in [0.4, 0.5) is 0 Å².